The van der Waals surface area contributed by atoms with Crippen LogP contribution in [0, 0.1) is 5.92 Å². The number of benzene rings is 2. The lowest BCUT2D eigenvalue weighted by Crippen LogP contribution is -2.43. The van der Waals surface area contributed by atoms with E-state index in [0.717, 1.165) is 38.0 Å². The first-order valence-corrected chi connectivity index (χ1v) is 9.28. The van der Waals surface area contributed by atoms with Gasteiger partial charge in [0.2, 0.25) is 0 Å². The fourth-order valence-corrected chi connectivity index (χ4v) is 4.20. The van der Waals surface area contributed by atoms with E-state index >= 15 is 0 Å². The Balaban J connectivity index is 1.68. The molecule has 1 aliphatic heterocycles. The molecule has 0 amide bonds. The number of likely N-dealkylation sites (tertiary alicyclic amines) is 1. The number of halogens is 2. The van der Waals surface area contributed by atoms with E-state index in [-0.39, 0.29) is 12.0 Å². The summed E-state index contributed by atoms with van der Waals surface area (Å²) < 4.78 is 5.20. The van der Waals surface area contributed by atoms with Gasteiger partial charge in [-0.25, -0.2) is 0 Å². The maximum absolute atomic E-state index is 10.4. The molecule has 25 heavy (non-hydrogen) atoms. The Morgan fingerprint density at radius 1 is 1.12 bits per heavy atom. The maximum atomic E-state index is 10.4. The zero-order valence-corrected chi connectivity index (χ0v) is 15.8. The van der Waals surface area contributed by atoms with Crippen LogP contribution in [0.2, 0.25) is 10.0 Å². The molecule has 2 unspecified atom stereocenters. The lowest BCUT2D eigenvalue weighted by Gasteiger charge is -2.36. The van der Waals surface area contributed by atoms with Gasteiger partial charge in [0.05, 0.1) is 23.3 Å². The Kier molecular flexibility index (Phi) is 6.24. The summed E-state index contributed by atoms with van der Waals surface area (Å²) in [6.07, 6.45) is 1.23. The summed E-state index contributed by atoms with van der Waals surface area (Å²) in [6.45, 7) is 2.68. The van der Waals surface area contributed by atoms with Gasteiger partial charge in [0.15, 0.2) is 5.75 Å². The van der Waals surface area contributed by atoms with Crippen LogP contribution in [-0.2, 0) is 13.0 Å². The monoisotopic (exact) mass is 379 g/mol. The zero-order valence-electron chi connectivity index (χ0n) is 14.3. The first-order chi connectivity index (χ1) is 12.1. The number of aliphatic hydroxyl groups excluding tert-OH is 1. The Bertz CT molecular complexity index is 685. The summed E-state index contributed by atoms with van der Waals surface area (Å²) >= 11 is 12.5. The predicted octanol–water partition coefficient (Wildman–Crippen LogP) is 4.43. The van der Waals surface area contributed by atoms with Crippen LogP contribution in [0.4, 0.5) is 0 Å². The molecule has 0 bridgehead atoms. The Labute approximate surface area is 159 Å². The molecule has 0 aliphatic carbocycles. The van der Waals surface area contributed by atoms with E-state index in [1.807, 2.05) is 18.2 Å². The summed E-state index contributed by atoms with van der Waals surface area (Å²) in [4.78, 5) is 2.40. The van der Waals surface area contributed by atoms with E-state index in [0.29, 0.717) is 15.8 Å². The van der Waals surface area contributed by atoms with Crippen molar-refractivity contribution < 1.29 is 9.84 Å². The predicted molar refractivity (Wildman–Crippen MR) is 103 cm³/mol. The van der Waals surface area contributed by atoms with Gasteiger partial charge >= 0.3 is 0 Å². The number of aliphatic hydroxyl groups is 1. The molecule has 1 N–H and O–H groups in total. The van der Waals surface area contributed by atoms with Crippen LogP contribution in [0.3, 0.4) is 0 Å². The highest BCUT2D eigenvalue weighted by atomic mass is 35.5. The molecule has 2 aromatic rings. The average molecular weight is 380 g/mol. The van der Waals surface area contributed by atoms with Crippen molar-refractivity contribution in [3.05, 3.63) is 63.6 Å². The van der Waals surface area contributed by atoms with Gasteiger partial charge in [-0.05, 0) is 36.1 Å². The van der Waals surface area contributed by atoms with E-state index in [4.69, 9.17) is 27.9 Å². The molecule has 0 spiro atoms. The first-order valence-electron chi connectivity index (χ1n) is 8.53. The number of methoxy groups -OCH3 is 1. The third kappa shape index (κ3) is 4.68. The smallest absolute Gasteiger partial charge is 0.156 e. The molecular weight excluding hydrogens is 357 g/mol. The summed E-state index contributed by atoms with van der Waals surface area (Å²) in [5, 5.41) is 11.5. The van der Waals surface area contributed by atoms with Crippen LogP contribution >= 0.6 is 23.2 Å². The number of hydrogen-bond acceptors (Lipinski definition) is 3. The van der Waals surface area contributed by atoms with E-state index in [9.17, 15) is 5.11 Å². The van der Waals surface area contributed by atoms with Gasteiger partial charge in [0.1, 0.15) is 0 Å². The Hall–Kier alpha value is -1.26. The van der Waals surface area contributed by atoms with E-state index in [1.165, 1.54) is 5.56 Å². The second kappa shape index (κ2) is 8.41. The topological polar surface area (TPSA) is 32.7 Å². The number of nitrogens with zero attached hydrogens (tertiary/aromatic N) is 1. The largest absolute Gasteiger partial charge is 0.494 e. The van der Waals surface area contributed by atoms with Gasteiger partial charge in [-0.15, -0.1) is 0 Å². The number of ether oxygens (including phenoxy) is 1. The molecule has 3 rings (SSSR count). The third-order valence-electron chi connectivity index (χ3n) is 4.79. The summed E-state index contributed by atoms with van der Waals surface area (Å²) in [5.74, 6) is 0.667. The van der Waals surface area contributed by atoms with Crippen molar-refractivity contribution in [2.75, 3.05) is 20.2 Å². The van der Waals surface area contributed by atoms with Crippen molar-refractivity contribution >= 4 is 23.2 Å². The quantitative estimate of drug-likeness (QED) is 0.833. The second-order valence-electron chi connectivity index (χ2n) is 6.63. The first kappa shape index (κ1) is 18.5. The van der Waals surface area contributed by atoms with Crippen molar-refractivity contribution in [3.8, 4) is 5.75 Å². The summed E-state index contributed by atoms with van der Waals surface area (Å²) in [6, 6.07) is 14.2. The maximum Gasteiger partial charge on any atom is 0.156 e. The van der Waals surface area contributed by atoms with E-state index in [2.05, 4.69) is 29.2 Å². The van der Waals surface area contributed by atoms with Gasteiger partial charge in [-0.2, -0.15) is 0 Å². The van der Waals surface area contributed by atoms with Crippen LogP contribution in [0.25, 0.3) is 0 Å². The fraction of sp³-hybridized carbons (Fsp3) is 0.400. The van der Waals surface area contributed by atoms with Gasteiger partial charge in [-0.3, -0.25) is 4.90 Å². The minimum absolute atomic E-state index is 0.165. The molecule has 2 aromatic carbocycles. The molecule has 134 valence electrons. The van der Waals surface area contributed by atoms with Crippen molar-refractivity contribution in [2.45, 2.75) is 25.5 Å². The number of rotatable bonds is 5. The van der Waals surface area contributed by atoms with Crippen LogP contribution in [0.15, 0.2) is 42.5 Å². The SMILES string of the molecule is COc1c(Cl)cc(CC2CN(Cc3ccccc3)CCC2O)cc1Cl. The van der Waals surface area contributed by atoms with Gasteiger partial charge in [0, 0.05) is 25.6 Å². The van der Waals surface area contributed by atoms with Crippen molar-refractivity contribution in [3.63, 3.8) is 0 Å². The highest BCUT2D eigenvalue weighted by Crippen LogP contribution is 2.35. The van der Waals surface area contributed by atoms with E-state index in [1.54, 1.807) is 7.11 Å². The van der Waals surface area contributed by atoms with E-state index < -0.39 is 0 Å². The third-order valence-corrected chi connectivity index (χ3v) is 5.35. The van der Waals surface area contributed by atoms with Crippen molar-refractivity contribution in [1.29, 1.82) is 0 Å². The minimum Gasteiger partial charge on any atom is -0.494 e. The minimum atomic E-state index is -0.299. The second-order valence-corrected chi connectivity index (χ2v) is 7.45. The molecule has 1 fully saturated rings. The molecule has 5 heteroatoms. The highest BCUT2D eigenvalue weighted by Gasteiger charge is 2.28. The molecule has 1 saturated heterocycles. The van der Waals surface area contributed by atoms with Crippen LogP contribution < -0.4 is 4.74 Å². The molecule has 1 heterocycles. The van der Waals surface area contributed by atoms with Crippen LogP contribution in [0.1, 0.15) is 17.5 Å². The van der Waals surface area contributed by atoms with Gasteiger partial charge in [-0.1, -0.05) is 53.5 Å². The molecular formula is C20H23Cl2NO2. The fourth-order valence-electron chi connectivity index (χ4n) is 3.51. The molecule has 0 saturated carbocycles. The molecule has 1 aliphatic rings. The lowest BCUT2D eigenvalue weighted by atomic mass is 9.88. The van der Waals surface area contributed by atoms with Crippen molar-refractivity contribution in [1.82, 2.24) is 4.90 Å². The zero-order chi connectivity index (χ0) is 17.8. The Morgan fingerprint density at radius 3 is 2.44 bits per heavy atom. The van der Waals surface area contributed by atoms with Gasteiger partial charge in [0.25, 0.3) is 0 Å². The van der Waals surface area contributed by atoms with Crippen LogP contribution in [-0.4, -0.2) is 36.3 Å². The molecule has 0 radical (unpaired) electrons. The van der Waals surface area contributed by atoms with Crippen LogP contribution in [0.5, 0.6) is 5.75 Å². The summed E-state index contributed by atoms with van der Waals surface area (Å²) in [5.41, 5.74) is 2.33. The molecule has 3 nitrogen and oxygen atoms in total. The Morgan fingerprint density at radius 2 is 1.80 bits per heavy atom. The lowest BCUT2D eigenvalue weighted by molar-refractivity contribution is 0.0239. The normalized spacial score (nSPS) is 21.3. The average Bonchev–Trinajstić information content (AvgIpc) is 2.59. The van der Waals surface area contributed by atoms with Crippen molar-refractivity contribution in [2.24, 2.45) is 5.92 Å². The van der Waals surface area contributed by atoms with Gasteiger partial charge < -0.3 is 9.84 Å². The highest BCUT2D eigenvalue weighted by molar-refractivity contribution is 6.37. The molecule has 2 atom stereocenters. The molecule has 0 aromatic heterocycles. The summed E-state index contributed by atoms with van der Waals surface area (Å²) in [7, 11) is 1.55. The standard InChI is InChI=1S/C20H23Cl2NO2/c1-25-20-17(21)10-15(11-18(20)22)9-16-13-23(8-7-19(16)24)12-14-5-3-2-4-6-14/h2-6,10-11,16,19,24H,7-9,12-13H2,1H3. The number of hydrogen-bond donors (Lipinski definition) is 1. The number of piperidine rings is 1.